The molecule has 1 fully saturated rings. The topological polar surface area (TPSA) is 92.1 Å². The van der Waals surface area contributed by atoms with Crippen molar-refractivity contribution >= 4 is 33.2 Å². The second-order valence-electron chi connectivity index (χ2n) is 8.71. The first-order valence-electron chi connectivity index (χ1n) is 11.3. The first kappa shape index (κ1) is 20.2. The van der Waals surface area contributed by atoms with Gasteiger partial charge in [-0.2, -0.15) is 5.10 Å². The number of aromatic amines is 1. The van der Waals surface area contributed by atoms with E-state index in [1.165, 1.54) is 11.3 Å². The summed E-state index contributed by atoms with van der Waals surface area (Å²) in [4.78, 5) is 28.5. The fourth-order valence-corrected chi connectivity index (χ4v) is 6.27. The first-order chi connectivity index (χ1) is 15.1. The maximum absolute atomic E-state index is 13.7. The van der Waals surface area contributed by atoms with Crippen molar-refractivity contribution in [3.63, 3.8) is 0 Å². The van der Waals surface area contributed by atoms with Crippen molar-refractivity contribution in [1.82, 2.24) is 15.1 Å². The molecule has 5 rings (SSSR count). The number of fused-ring (bicyclic) bond motifs is 2. The average Bonchev–Trinajstić information content (AvgIpc) is 3.29. The fraction of sp³-hybridized carbons (Fsp3) is 0.458. The fourth-order valence-electron chi connectivity index (χ4n) is 5.19. The summed E-state index contributed by atoms with van der Waals surface area (Å²) in [5.41, 5.74) is 9.57. The van der Waals surface area contributed by atoms with E-state index in [9.17, 15) is 9.59 Å². The van der Waals surface area contributed by atoms with Crippen LogP contribution in [0.4, 0.5) is 0 Å². The van der Waals surface area contributed by atoms with E-state index in [1.807, 2.05) is 23.1 Å². The number of amides is 2. The molecular formula is C24H28N4O2S. The van der Waals surface area contributed by atoms with Crippen LogP contribution in [0.1, 0.15) is 75.5 Å². The Bertz CT molecular complexity index is 1130. The van der Waals surface area contributed by atoms with Crippen LogP contribution in [0.25, 0.3) is 10.1 Å². The van der Waals surface area contributed by atoms with E-state index >= 15 is 0 Å². The van der Waals surface area contributed by atoms with E-state index in [-0.39, 0.29) is 17.9 Å². The molecule has 2 aromatic heterocycles. The van der Waals surface area contributed by atoms with Gasteiger partial charge in [-0.05, 0) is 62.0 Å². The monoisotopic (exact) mass is 436 g/mol. The predicted molar refractivity (Wildman–Crippen MR) is 123 cm³/mol. The molecule has 1 aromatic carbocycles. The number of hydrogen-bond donors (Lipinski definition) is 2. The lowest BCUT2D eigenvalue weighted by molar-refractivity contribution is 0.0675. The largest absolute Gasteiger partial charge is 0.365 e. The van der Waals surface area contributed by atoms with E-state index in [1.54, 1.807) is 0 Å². The summed E-state index contributed by atoms with van der Waals surface area (Å²) in [7, 11) is 0. The molecule has 6 nitrogen and oxygen atoms in total. The lowest BCUT2D eigenvalue weighted by Crippen LogP contribution is -2.42. The van der Waals surface area contributed by atoms with Crippen LogP contribution >= 0.6 is 11.3 Å². The van der Waals surface area contributed by atoms with Gasteiger partial charge in [0.05, 0.1) is 4.88 Å². The quantitative estimate of drug-likeness (QED) is 0.641. The Morgan fingerprint density at radius 1 is 1.13 bits per heavy atom. The van der Waals surface area contributed by atoms with Crippen LogP contribution in [-0.4, -0.2) is 39.5 Å². The second kappa shape index (κ2) is 8.46. The third-order valence-corrected chi connectivity index (χ3v) is 7.99. The molecule has 31 heavy (non-hydrogen) atoms. The highest BCUT2D eigenvalue weighted by Gasteiger charge is 2.32. The molecule has 3 heterocycles. The summed E-state index contributed by atoms with van der Waals surface area (Å²) in [6, 6.07) is 8.11. The summed E-state index contributed by atoms with van der Waals surface area (Å²) in [5.74, 6) is -0.351. The molecule has 3 aromatic rings. The highest BCUT2D eigenvalue weighted by Crippen LogP contribution is 2.34. The number of carbonyl (C=O) groups is 2. The lowest BCUT2D eigenvalue weighted by Gasteiger charge is -2.30. The van der Waals surface area contributed by atoms with Gasteiger partial charge < -0.3 is 10.6 Å². The zero-order valence-corrected chi connectivity index (χ0v) is 18.5. The van der Waals surface area contributed by atoms with E-state index in [0.717, 1.165) is 84.8 Å². The highest BCUT2D eigenvalue weighted by atomic mass is 32.1. The Balaban J connectivity index is 1.50. The van der Waals surface area contributed by atoms with Crippen molar-refractivity contribution in [1.29, 1.82) is 0 Å². The molecule has 1 atom stereocenters. The highest BCUT2D eigenvalue weighted by molar-refractivity contribution is 7.21. The summed E-state index contributed by atoms with van der Waals surface area (Å²) >= 11 is 1.46. The number of nitrogens with zero attached hydrogens (tertiary/aromatic N) is 2. The Labute approximate surface area is 185 Å². The second-order valence-corrected chi connectivity index (χ2v) is 9.76. The number of likely N-dealkylation sites (tertiary alicyclic amines) is 1. The van der Waals surface area contributed by atoms with Crippen molar-refractivity contribution in [3.05, 3.63) is 51.7 Å². The summed E-state index contributed by atoms with van der Waals surface area (Å²) in [5, 5.41) is 8.63. The van der Waals surface area contributed by atoms with E-state index in [4.69, 9.17) is 5.73 Å². The number of rotatable bonds is 4. The van der Waals surface area contributed by atoms with Crippen LogP contribution in [0.5, 0.6) is 0 Å². The summed E-state index contributed by atoms with van der Waals surface area (Å²) in [6.07, 6.45) is 8.94. The first-order valence-corrected chi connectivity index (χ1v) is 12.1. The van der Waals surface area contributed by atoms with Gasteiger partial charge in [0.25, 0.3) is 11.8 Å². The van der Waals surface area contributed by atoms with E-state index < -0.39 is 0 Å². The Kier molecular flexibility index (Phi) is 5.52. The number of aryl methyl sites for hydroxylation is 1. The third kappa shape index (κ3) is 3.76. The van der Waals surface area contributed by atoms with Crippen LogP contribution in [0, 0.1) is 0 Å². The Morgan fingerprint density at radius 2 is 1.97 bits per heavy atom. The number of carbonyl (C=O) groups excluding carboxylic acids is 2. The smallest absolute Gasteiger partial charge is 0.274 e. The number of benzene rings is 1. The van der Waals surface area contributed by atoms with E-state index in [2.05, 4.69) is 16.3 Å². The Hall–Kier alpha value is -2.67. The van der Waals surface area contributed by atoms with Gasteiger partial charge in [-0.3, -0.25) is 14.7 Å². The Morgan fingerprint density at radius 3 is 2.84 bits per heavy atom. The van der Waals surface area contributed by atoms with Crippen LogP contribution in [0.2, 0.25) is 0 Å². The van der Waals surface area contributed by atoms with Crippen LogP contribution in [0.15, 0.2) is 24.3 Å². The molecule has 1 aliphatic heterocycles. The molecule has 162 valence electrons. The molecule has 0 bridgehead atoms. The number of thiophene rings is 1. The number of nitrogens with two attached hydrogens (primary N) is 1. The van der Waals surface area contributed by atoms with Crippen LogP contribution in [-0.2, 0) is 19.3 Å². The molecule has 1 saturated heterocycles. The number of hydrogen-bond acceptors (Lipinski definition) is 4. The van der Waals surface area contributed by atoms with Crippen molar-refractivity contribution < 1.29 is 9.59 Å². The van der Waals surface area contributed by atoms with Crippen molar-refractivity contribution in [2.24, 2.45) is 5.73 Å². The van der Waals surface area contributed by atoms with Gasteiger partial charge in [0.15, 0.2) is 5.69 Å². The minimum absolute atomic E-state index is 0.0338. The van der Waals surface area contributed by atoms with Gasteiger partial charge in [-0.1, -0.05) is 31.0 Å². The molecule has 0 unspecified atom stereocenters. The molecule has 2 amide bonds. The maximum Gasteiger partial charge on any atom is 0.274 e. The molecule has 2 aliphatic rings. The van der Waals surface area contributed by atoms with E-state index in [0.29, 0.717) is 17.0 Å². The zero-order chi connectivity index (χ0) is 21.4. The summed E-state index contributed by atoms with van der Waals surface area (Å²) < 4.78 is 1.07. The molecule has 0 radical (unpaired) electrons. The minimum Gasteiger partial charge on any atom is -0.365 e. The minimum atomic E-state index is -0.385. The number of H-pyrrole nitrogens is 1. The molecular weight excluding hydrogens is 408 g/mol. The van der Waals surface area contributed by atoms with Gasteiger partial charge in [0.2, 0.25) is 0 Å². The molecule has 0 spiro atoms. The maximum atomic E-state index is 13.7. The van der Waals surface area contributed by atoms with Crippen LogP contribution in [0.3, 0.4) is 0 Å². The number of primary amides is 1. The van der Waals surface area contributed by atoms with Gasteiger partial charge in [0, 0.05) is 28.5 Å². The van der Waals surface area contributed by atoms with Crippen molar-refractivity contribution in [3.8, 4) is 0 Å². The third-order valence-electron chi connectivity index (χ3n) is 6.76. The standard InChI is InChI=1S/C24H28N4O2S/c25-23(29)22-18(16-9-4-6-12-20(16)31-22)14-15-8-2-1-7-13-28(15)24(30)21-17-10-3-5-11-19(17)26-27-21/h4,6,9,12,15H,1-3,5,7-8,10-11,13-14H2,(H2,25,29)(H,26,27)/t15-/m1/s1. The molecule has 7 heteroatoms. The van der Waals surface area contributed by atoms with Gasteiger partial charge in [0.1, 0.15) is 0 Å². The normalized spacial score (nSPS) is 19.2. The van der Waals surface area contributed by atoms with Crippen molar-refractivity contribution in [2.45, 2.75) is 63.8 Å². The van der Waals surface area contributed by atoms with Crippen molar-refractivity contribution in [2.75, 3.05) is 6.54 Å². The SMILES string of the molecule is NC(=O)c1sc2ccccc2c1C[C@H]1CCCCCN1C(=O)c1n[nH]c2c1CCCC2. The van der Waals surface area contributed by atoms with Gasteiger partial charge in [-0.15, -0.1) is 11.3 Å². The average molecular weight is 437 g/mol. The van der Waals surface area contributed by atoms with Gasteiger partial charge in [-0.25, -0.2) is 0 Å². The number of nitrogens with one attached hydrogen (secondary N) is 1. The summed E-state index contributed by atoms with van der Waals surface area (Å²) in [6.45, 7) is 0.735. The number of aromatic nitrogens is 2. The molecule has 1 aliphatic carbocycles. The molecule has 3 N–H and O–H groups in total. The lowest BCUT2D eigenvalue weighted by atomic mass is 9.94. The van der Waals surface area contributed by atoms with Crippen LogP contribution < -0.4 is 5.73 Å². The zero-order valence-electron chi connectivity index (χ0n) is 17.7. The van der Waals surface area contributed by atoms with Gasteiger partial charge >= 0.3 is 0 Å². The molecule has 0 saturated carbocycles. The predicted octanol–water partition coefficient (Wildman–Crippen LogP) is 4.23.